The second-order valence-corrected chi connectivity index (χ2v) is 7.57. The first-order valence-electron chi connectivity index (χ1n) is 9.69. The standard InChI is InChI=1S/C21H23ClN6O2/c1-30-17-6-7-19(23-12-17)18-13-28(16-10-24-25-11-16)9-8-20(18)27-21(29)26-15-4-2-14(22)3-5-15/h2-7,10-12,18,20H,8-9,13H2,1H3,(H,24,25)(H2,26,27,29)/t18-,20+/m0/s1. The molecule has 0 unspecified atom stereocenters. The maximum Gasteiger partial charge on any atom is 0.319 e. The van der Waals surface area contributed by atoms with Crippen molar-refractivity contribution in [2.75, 3.05) is 30.4 Å². The molecule has 9 heteroatoms. The molecule has 0 spiro atoms. The number of rotatable bonds is 5. The minimum Gasteiger partial charge on any atom is -0.495 e. The Morgan fingerprint density at radius 1 is 1.23 bits per heavy atom. The number of hydrogen-bond donors (Lipinski definition) is 3. The summed E-state index contributed by atoms with van der Waals surface area (Å²) < 4.78 is 5.23. The third kappa shape index (κ3) is 4.65. The number of anilines is 2. The molecule has 0 aliphatic carbocycles. The van der Waals surface area contributed by atoms with Crippen LogP contribution in [0.1, 0.15) is 18.0 Å². The van der Waals surface area contributed by atoms with Gasteiger partial charge < -0.3 is 20.3 Å². The normalized spacial score (nSPS) is 18.7. The fourth-order valence-corrected chi connectivity index (χ4v) is 3.80. The minimum atomic E-state index is -0.252. The smallest absolute Gasteiger partial charge is 0.319 e. The summed E-state index contributed by atoms with van der Waals surface area (Å²) in [5, 5.41) is 13.5. The number of carbonyl (C=O) groups is 1. The Bertz CT molecular complexity index is 962. The lowest BCUT2D eigenvalue weighted by Gasteiger charge is -2.39. The van der Waals surface area contributed by atoms with Gasteiger partial charge in [-0.15, -0.1) is 0 Å². The van der Waals surface area contributed by atoms with Crippen LogP contribution in [0.3, 0.4) is 0 Å². The first-order valence-corrected chi connectivity index (χ1v) is 10.1. The summed E-state index contributed by atoms with van der Waals surface area (Å²) in [7, 11) is 1.61. The first-order chi connectivity index (χ1) is 14.6. The fourth-order valence-electron chi connectivity index (χ4n) is 3.68. The van der Waals surface area contributed by atoms with Gasteiger partial charge in [0.2, 0.25) is 0 Å². The summed E-state index contributed by atoms with van der Waals surface area (Å²) in [5.41, 5.74) is 2.62. The Labute approximate surface area is 179 Å². The Kier molecular flexibility index (Phi) is 6.04. The molecule has 30 heavy (non-hydrogen) atoms. The van der Waals surface area contributed by atoms with Crippen LogP contribution < -0.4 is 20.3 Å². The van der Waals surface area contributed by atoms with Crippen LogP contribution in [0.4, 0.5) is 16.2 Å². The van der Waals surface area contributed by atoms with E-state index in [-0.39, 0.29) is 18.0 Å². The fraction of sp³-hybridized carbons (Fsp3) is 0.286. The third-order valence-corrected chi connectivity index (χ3v) is 5.51. The zero-order valence-electron chi connectivity index (χ0n) is 16.5. The number of methoxy groups -OCH3 is 1. The summed E-state index contributed by atoms with van der Waals surface area (Å²) >= 11 is 5.91. The molecule has 8 nitrogen and oxygen atoms in total. The van der Waals surface area contributed by atoms with Gasteiger partial charge in [0.15, 0.2) is 0 Å². The van der Waals surface area contributed by atoms with E-state index in [4.69, 9.17) is 16.3 Å². The highest BCUT2D eigenvalue weighted by Gasteiger charge is 2.33. The van der Waals surface area contributed by atoms with Crippen molar-refractivity contribution in [3.63, 3.8) is 0 Å². The van der Waals surface area contributed by atoms with Crippen molar-refractivity contribution in [1.82, 2.24) is 20.5 Å². The maximum absolute atomic E-state index is 12.6. The molecule has 4 rings (SSSR count). The van der Waals surface area contributed by atoms with Crippen LogP contribution in [0.25, 0.3) is 0 Å². The van der Waals surface area contributed by atoms with Crippen molar-refractivity contribution in [2.45, 2.75) is 18.4 Å². The van der Waals surface area contributed by atoms with Gasteiger partial charge in [0, 0.05) is 47.7 Å². The molecule has 2 atom stereocenters. The number of nitrogens with zero attached hydrogens (tertiary/aromatic N) is 3. The van der Waals surface area contributed by atoms with E-state index < -0.39 is 0 Å². The van der Waals surface area contributed by atoms with Crippen LogP contribution in [-0.2, 0) is 0 Å². The Hall–Kier alpha value is -3.26. The number of piperidine rings is 1. The monoisotopic (exact) mass is 426 g/mol. The van der Waals surface area contributed by atoms with Crippen LogP contribution in [0, 0.1) is 0 Å². The molecule has 1 aliphatic rings. The number of aromatic nitrogens is 3. The molecule has 3 N–H and O–H groups in total. The third-order valence-electron chi connectivity index (χ3n) is 5.26. The zero-order valence-corrected chi connectivity index (χ0v) is 17.3. The van der Waals surface area contributed by atoms with Crippen LogP contribution in [0.15, 0.2) is 55.0 Å². The van der Waals surface area contributed by atoms with Gasteiger partial charge in [-0.05, 0) is 42.8 Å². The topological polar surface area (TPSA) is 95.2 Å². The van der Waals surface area contributed by atoms with E-state index in [0.717, 1.165) is 24.3 Å². The molecule has 0 radical (unpaired) electrons. The molecule has 2 amide bonds. The highest BCUT2D eigenvalue weighted by Crippen LogP contribution is 2.30. The Balaban J connectivity index is 1.50. The highest BCUT2D eigenvalue weighted by molar-refractivity contribution is 6.30. The van der Waals surface area contributed by atoms with E-state index in [0.29, 0.717) is 23.0 Å². The van der Waals surface area contributed by atoms with Crippen molar-refractivity contribution in [3.8, 4) is 5.75 Å². The van der Waals surface area contributed by atoms with Crippen molar-refractivity contribution in [3.05, 3.63) is 65.7 Å². The van der Waals surface area contributed by atoms with E-state index in [2.05, 4.69) is 30.7 Å². The van der Waals surface area contributed by atoms with Gasteiger partial charge in [0.25, 0.3) is 0 Å². The van der Waals surface area contributed by atoms with Crippen molar-refractivity contribution in [2.24, 2.45) is 0 Å². The van der Waals surface area contributed by atoms with Crippen LogP contribution in [-0.4, -0.2) is 47.5 Å². The summed E-state index contributed by atoms with van der Waals surface area (Å²) in [5.74, 6) is 0.710. The van der Waals surface area contributed by atoms with E-state index in [9.17, 15) is 4.79 Å². The number of H-pyrrole nitrogens is 1. The molecule has 2 aromatic heterocycles. The van der Waals surface area contributed by atoms with E-state index in [1.807, 2.05) is 18.3 Å². The lowest BCUT2D eigenvalue weighted by atomic mass is 9.88. The predicted octanol–water partition coefficient (Wildman–Crippen LogP) is 3.65. The van der Waals surface area contributed by atoms with Crippen molar-refractivity contribution in [1.29, 1.82) is 0 Å². The molecular weight excluding hydrogens is 404 g/mol. The van der Waals surface area contributed by atoms with E-state index >= 15 is 0 Å². The van der Waals surface area contributed by atoms with Gasteiger partial charge in [-0.3, -0.25) is 10.1 Å². The number of pyridine rings is 1. The average Bonchev–Trinajstić information content (AvgIpc) is 3.31. The number of ether oxygens (including phenoxy) is 1. The molecule has 156 valence electrons. The minimum absolute atomic E-state index is 0.00974. The molecule has 0 saturated carbocycles. The number of aromatic amines is 1. The van der Waals surface area contributed by atoms with E-state index in [1.54, 1.807) is 43.8 Å². The molecule has 1 fully saturated rings. The first kappa shape index (κ1) is 20.0. The van der Waals surface area contributed by atoms with Crippen molar-refractivity contribution < 1.29 is 9.53 Å². The SMILES string of the molecule is COc1ccc([C@@H]2CN(c3cn[nH]c3)CC[C@H]2NC(=O)Nc2ccc(Cl)cc2)nc1. The predicted molar refractivity (Wildman–Crippen MR) is 116 cm³/mol. The van der Waals surface area contributed by atoms with Gasteiger partial charge in [0.1, 0.15) is 5.75 Å². The summed E-state index contributed by atoms with van der Waals surface area (Å²) in [4.78, 5) is 19.5. The number of carbonyl (C=O) groups excluding carboxylic acids is 1. The second kappa shape index (κ2) is 9.04. The van der Waals surface area contributed by atoms with Crippen molar-refractivity contribution >= 4 is 29.0 Å². The summed E-state index contributed by atoms with van der Waals surface area (Å²) in [6.45, 7) is 1.52. The van der Waals surface area contributed by atoms with Crippen LogP contribution >= 0.6 is 11.6 Å². The molecule has 1 aromatic carbocycles. The molecular formula is C21H23ClN6O2. The Morgan fingerprint density at radius 2 is 2.07 bits per heavy atom. The van der Waals surface area contributed by atoms with E-state index in [1.165, 1.54) is 0 Å². The number of amides is 2. The molecule has 0 bridgehead atoms. The van der Waals surface area contributed by atoms with Gasteiger partial charge in [0.05, 0.1) is 25.2 Å². The number of nitrogens with one attached hydrogen (secondary N) is 3. The molecule has 3 heterocycles. The Morgan fingerprint density at radius 3 is 2.73 bits per heavy atom. The highest BCUT2D eigenvalue weighted by atomic mass is 35.5. The second-order valence-electron chi connectivity index (χ2n) is 7.13. The average molecular weight is 427 g/mol. The van der Waals surface area contributed by atoms with Gasteiger partial charge in [-0.2, -0.15) is 5.10 Å². The number of hydrogen-bond acceptors (Lipinski definition) is 5. The zero-order chi connectivity index (χ0) is 20.9. The van der Waals surface area contributed by atoms with Gasteiger partial charge in [-0.1, -0.05) is 11.6 Å². The lowest BCUT2D eigenvalue weighted by Crippen LogP contribution is -2.51. The quantitative estimate of drug-likeness (QED) is 0.578. The maximum atomic E-state index is 12.6. The lowest BCUT2D eigenvalue weighted by molar-refractivity contribution is 0.243. The molecule has 1 saturated heterocycles. The molecule has 3 aromatic rings. The largest absolute Gasteiger partial charge is 0.495 e. The number of halogens is 1. The van der Waals surface area contributed by atoms with Crippen LogP contribution in [0.5, 0.6) is 5.75 Å². The summed E-state index contributed by atoms with van der Waals surface area (Å²) in [6.07, 6.45) is 6.16. The summed E-state index contributed by atoms with van der Waals surface area (Å²) in [6, 6.07) is 10.5. The van der Waals surface area contributed by atoms with Gasteiger partial charge >= 0.3 is 6.03 Å². The van der Waals surface area contributed by atoms with Crippen LogP contribution in [0.2, 0.25) is 5.02 Å². The molecule has 1 aliphatic heterocycles. The number of urea groups is 1. The number of benzene rings is 1. The van der Waals surface area contributed by atoms with Gasteiger partial charge in [-0.25, -0.2) is 4.79 Å².